The third-order valence-corrected chi connectivity index (χ3v) is 7.17. The molecule has 0 saturated carbocycles. The summed E-state index contributed by atoms with van der Waals surface area (Å²) in [6, 6.07) is 15.1. The van der Waals surface area contributed by atoms with E-state index in [1.165, 1.54) is 17.0 Å². The summed E-state index contributed by atoms with van der Waals surface area (Å²) in [5, 5.41) is 11.1. The third kappa shape index (κ3) is 9.83. The van der Waals surface area contributed by atoms with Crippen LogP contribution in [0.2, 0.25) is 0 Å². The molecule has 0 aliphatic rings. The van der Waals surface area contributed by atoms with Crippen LogP contribution in [0.5, 0.6) is 0 Å². The molecule has 0 saturated heterocycles. The van der Waals surface area contributed by atoms with Gasteiger partial charge in [0.05, 0.1) is 6.10 Å². The minimum Gasteiger partial charge on any atom is -0.390 e. The first-order valence-corrected chi connectivity index (χ1v) is 14.8. The SMILES string of the molecule is C=CCc1cccc(CN(C[C@@H](O)[C@@H](N)Cc2cc(F)cc(F)c2)C(=O)c2cc(C)cc(C(=O)N(CCC)CCC)c2)c1. The van der Waals surface area contributed by atoms with Crippen LogP contribution in [0.3, 0.4) is 0 Å². The molecule has 3 rings (SSSR count). The molecule has 8 heteroatoms. The van der Waals surface area contributed by atoms with Gasteiger partial charge in [0, 0.05) is 49.4 Å². The molecule has 230 valence electrons. The summed E-state index contributed by atoms with van der Waals surface area (Å²) in [7, 11) is 0. The van der Waals surface area contributed by atoms with Crippen molar-refractivity contribution in [3.63, 3.8) is 0 Å². The fourth-order valence-electron chi connectivity index (χ4n) is 5.21. The second-order valence-electron chi connectivity index (χ2n) is 11.1. The highest BCUT2D eigenvalue weighted by Gasteiger charge is 2.25. The van der Waals surface area contributed by atoms with Gasteiger partial charge in [-0.1, -0.05) is 44.2 Å². The molecule has 0 heterocycles. The van der Waals surface area contributed by atoms with Gasteiger partial charge in [0.25, 0.3) is 11.8 Å². The summed E-state index contributed by atoms with van der Waals surface area (Å²) < 4.78 is 27.5. The van der Waals surface area contributed by atoms with Crippen LogP contribution >= 0.6 is 0 Å². The van der Waals surface area contributed by atoms with Gasteiger partial charge < -0.3 is 20.6 Å². The van der Waals surface area contributed by atoms with Gasteiger partial charge in [0.15, 0.2) is 0 Å². The summed E-state index contributed by atoms with van der Waals surface area (Å²) in [6.07, 6.45) is 2.92. The topological polar surface area (TPSA) is 86.9 Å². The van der Waals surface area contributed by atoms with E-state index in [0.29, 0.717) is 36.2 Å². The molecule has 3 aromatic rings. The van der Waals surface area contributed by atoms with Gasteiger partial charge in [-0.2, -0.15) is 0 Å². The van der Waals surface area contributed by atoms with Crippen molar-refractivity contribution in [1.29, 1.82) is 0 Å². The normalized spacial score (nSPS) is 12.4. The molecule has 2 atom stereocenters. The van der Waals surface area contributed by atoms with Crippen LogP contribution in [0, 0.1) is 18.6 Å². The lowest BCUT2D eigenvalue weighted by atomic mass is 10.00. The standard InChI is InChI=1S/C35H43F2N3O3/c1-5-9-25-10-8-11-26(16-25)22-40(23-33(41)32(38)19-27-17-30(36)21-31(37)18-27)35(43)29-15-24(4)14-28(20-29)34(42)39(12-6-2)13-7-3/h5,8,10-11,14-18,20-21,32-33,41H,1,6-7,9,12-13,19,22-23,38H2,2-4H3/t32-,33+/m0/s1. The van der Waals surface area contributed by atoms with E-state index in [1.54, 1.807) is 29.2 Å². The van der Waals surface area contributed by atoms with Gasteiger partial charge in [-0.25, -0.2) is 8.78 Å². The van der Waals surface area contributed by atoms with Gasteiger partial charge >= 0.3 is 0 Å². The van der Waals surface area contributed by atoms with Crippen LogP contribution in [-0.4, -0.2) is 58.5 Å². The first-order valence-electron chi connectivity index (χ1n) is 14.8. The number of amides is 2. The van der Waals surface area contributed by atoms with E-state index >= 15 is 0 Å². The number of hydrogen-bond donors (Lipinski definition) is 2. The molecule has 3 N–H and O–H groups in total. The number of carbonyl (C=O) groups is 2. The quantitative estimate of drug-likeness (QED) is 0.218. The number of nitrogens with zero attached hydrogens (tertiary/aromatic N) is 2. The molecule has 0 aromatic heterocycles. The van der Waals surface area contributed by atoms with E-state index in [9.17, 15) is 23.5 Å². The number of allylic oxidation sites excluding steroid dienone is 1. The van der Waals surface area contributed by atoms with Crippen molar-refractivity contribution in [2.75, 3.05) is 19.6 Å². The molecule has 0 fully saturated rings. The summed E-state index contributed by atoms with van der Waals surface area (Å²) >= 11 is 0. The van der Waals surface area contributed by atoms with Crippen molar-refractivity contribution < 1.29 is 23.5 Å². The van der Waals surface area contributed by atoms with E-state index in [-0.39, 0.29) is 31.3 Å². The maximum atomic E-state index is 14.0. The Bertz CT molecular complexity index is 1380. The van der Waals surface area contributed by atoms with E-state index in [0.717, 1.165) is 35.6 Å². The molecule has 0 spiro atoms. The number of hydrogen-bond acceptors (Lipinski definition) is 4. The van der Waals surface area contributed by atoms with Gasteiger partial charge in [-0.05, 0) is 85.2 Å². The van der Waals surface area contributed by atoms with E-state index in [4.69, 9.17) is 5.73 Å². The molecule has 6 nitrogen and oxygen atoms in total. The van der Waals surface area contributed by atoms with Crippen molar-refractivity contribution in [1.82, 2.24) is 9.80 Å². The number of aryl methyl sites for hydroxylation is 1. The predicted molar refractivity (Wildman–Crippen MR) is 167 cm³/mol. The smallest absolute Gasteiger partial charge is 0.254 e. The van der Waals surface area contributed by atoms with Crippen molar-refractivity contribution in [3.8, 4) is 0 Å². The largest absolute Gasteiger partial charge is 0.390 e. The van der Waals surface area contributed by atoms with Crippen LogP contribution in [0.4, 0.5) is 8.78 Å². The maximum absolute atomic E-state index is 14.0. The summed E-state index contributed by atoms with van der Waals surface area (Å²) in [5.74, 6) is -1.95. The van der Waals surface area contributed by atoms with Crippen molar-refractivity contribution in [2.45, 2.75) is 65.1 Å². The second-order valence-corrected chi connectivity index (χ2v) is 11.1. The Labute approximate surface area is 253 Å². The first-order chi connectivity index (χ1) is 20.5. The van der Waals surface area contributed by atoms with E-state index in [1.807, 2.05) is 45.0 Å². The van der Waals surface area contributed by atoms with Crippen LogP contribution in [0.1, 0.15) is 69.7 Å². The lowest BCUT2D eigenvalue weighted by Crippen LogP contribution is -2.46. The van der Waals surface area contributed by atoms with Crippen LogP contribution < -0.4 is 5.73 Å². The molecule has 0 aliphatic carbocycles. The number of halogens is 2. The molecule has 2 amide bonds. The molecular weight excluding hydrogens is 548 g/mol. The Kier molecular flexibility index (Phi) is 12.6. The van der Waals surface area contributed by atoms with Crippen molar-refractivity contribution in [3.05, 3.63) is 118 Å². The third-order valence-electron chi connectivity index (χ3n) is 7.17. The highest BCUT2D eigenvalue weighted by molar-refractivity contribution is 6.00. The van der Waals surface area contributed by atoms with Gasteiger partial charge in [0.2, 0.25) is 0 Å². The van der Waals surface area contributed by atoms with Gasteiger partial charge in [-0.15, -0.1) is 6.58 Å². The highest BCUT2D eigenvalue weighted by Crippen LogP contribution is 2.19. The highest BCUT2D eigenvalue weighted by atomic mass is 19.1. The average molecular weight is 592 g/mol. The summed E-state index contributed by atoms with van der Waals surface area (Å²) in [4.78, 5) is 30.7. The number of carbonyl (C=O) groups excluding carboxylic acids is 2. The summed E-state index contributed by atoms with van der Waals surface area (Å²) in [6.45, 7) is 11.0. The zero-order valence-electron chi connectivity index (χ0n) is 25.4. The Morgan fingerprint density at radius 1 is 0.884 bits per heavy atom. The molecule has 3 aromatic carbocycles. The van der Waals surface area contributed by atoms with Crippen molar-refractivity contribution in [2.24, 2.45) is 5.73 Å². The molecular formula is C35H43F2N3O3. The fourth-order valence-corrected chi connectivity index (χ4v) is 5.21. The lowest BCUT2D eigenvalue weighted by Gasteiger charge is -2.29. The Morgan fingerprint density at radius 3 is 2.05 bits per heavy atom. The fraction of sp³-hybridized carbons (Fsp3) is 0.371. The minimum absolute atomic E-state index is 0.0144. The molecule has 43 heavy (non-hydrogen) atoms. The Morgan fingerprint density at radius 2 is 1.47 bits per heavy atom. The monoisotopic (exact) mass is 591 g/mol. The zero-order valence-corrected chi connectivity index (χ0v) is 25.4. The zero-order chi connectivity index (χ0) is 31.5. The number of aliphatic hydroxyl groups excluding tert-OH is 1. The van der Waals surface area contributed by atoms with E-state index < -0.39 is 23.8 Å². The number of aliphatic hydroxyl groups is 1. The van der Waals surface area contributed by atoms with Crippen molar-refractivity contribution >= 4 is 11.8 Å². The minimum atomic E-state index is -1.19. The first kappa shape index (κ1) is 33.6. The van der Waals surface area contributed by atoms with E-state index in [2.05, 4.69) is 6.58 Å². The Balaban J connectivity index is 1.92. The molecule has 0 aliphatic heterocycles. The second kappa shape index (κ2) is 16.1. The van der Waals surface area contributed by atoms with Crippen LogP contribution in [0.15, 0.2) is 73.3 Å². The number of benzene rings is 3. The number of rotatable bonds is 15. The predicted octanol–water partition coefficient (Wildman–Crippen LogP) is 5.84. The maximum Gasteiger partial charge on any atom is 0.254 e. The van der Waals surface area contributed by atoms with Crippen LogP contribution in [0.25, 0.3) is 0 Å². The summed E-state index contributed by atoms with van der Waals surface area (Å²) in [5.41, 5.74) is 9.99. The molecule has 0 bridgehead atoms. The number of nitrogens with two attached hydrogens (primary N) is 1. The van der Waals surface area contributed by atoms with Gasteiger partial charge in [-0.3, -0.25) is 9.59 Å². The molecule has 0 radical (unpaired) electrons. The van der Waals surface area contributed by atoms with Gasteiger partial charge in [0.1, 0.15) is 11.6 Å². The van der Waals surface area contributed by atoms with Crippen LogP contribution in [-0.2, 0) is 19.4 Å². The average Bonchev–Trinajstić information content (AvgIpc) is 2.95. The Hall–Kier alpha value is -3.88. The lowest BCUT2D eigenvalue weighted by molar-refractivity contribution is 0.0554. The molecule has 0 unspecified atom stereocenters.